The molecular formula is C15H11FN2O2. The Kier molecular flexibility index (Phi) is 2.95. The maximum Gasteiger partial charge on any atom is 0.329 e. The Labute approximate surface area is 113 Å². The summed E-state index contributed by atoms with van der Waals surface area (Å²) in [5.41, 5.74) is 0.0930. The van der Waals surface area contributed by atoms with Crippen molar-refractivity contribution in [3.8, 4) is 0 Å². The molecule has 3 aromatic rings. The maximum atomic E-state index is 13.1. The summed E-state index contributed by atoms with van der Waals surface area (Å²) in [6.45, 7) is 0.183. The van der Waals surface area contributed by atoms with Gasteiger partial charge in [-0.3, -0.25) is 9.36 Å². The molecule has 2 aromatic carbocycles. The third-order valence-corrected chi connectivity index (χ3v) is 3.13. The number of nitrogens with one attached hydrogen (secondary N) is 1. The molecule has 0 aliphatic heterocycles. The first-order valence-electron chi connectivity index (χ1n) is 6.11. The molecular weight excluding hydrogens is 259 g/mol. The van der Waals surface area contributed by atoms with Gasteiger partial charge in [-0.05, 0) is 23.8 Å². The van der Waals surface area contributed by atoms with E-state index in [1.54, 1.807) is 0 Å². The van der Waals surface area contributed by atoms with Gasteiger partial charge < -0.3 is 4.98 Å². The number of rotatable bonds is 2. The van der Waals surface area contributed by atoms with Crippen molar-refractivity contribution in [2.75, 3.05) is 0 Å². The van der Waals surface area contributed by atoms with Gasteiger partial charge in [0.1, 0.15) is 5.82 Å². The molecule has 0 radical (unpaired) electrons. The van der Waals surface area contributed by atoms with Crippen LogP contribution in [0.4, 0.5) is 4.39 Å². The molecule has 3 rings (SSSR count). The number of H-pyrrole nitrogens is 1. The van der Waals surface area contributed by atoms with Gasteiger partial charge in [-0.25, -0.2) is 9.18 Å². The lowest BCUT2D eigenvalue weighted by atomic mass is 10.2. The number of fused-ring (bicyclic) bond motifs is 1. The number of hydrogen-bond acceptors (Lipinski definition) is 2. The second-order valence-corrected chi connectivity index (χ2v) is 4.50. The average Bonchev–Trinajstić information content (AvgIpc) is 2.44. The van der Waals surface area contributed by atoms with Gasteiger partial charge in [0.2, 0.25) is 0 Å². The summed E-state index contributed by atoms with van der Waals surface area (Å²) in [4.78, 5) is 26.8. The SMILES string of the molecule is O=c1[nH]c2cc(F)ccc2c(=O)n1Cc1ccccc1. The highest BCUT2D eigenvalue weighted by molar-refractivity contribution is 5.77. The molecule has 0 amide bonds. The maximum absolute atomic E-state index is 13.1. The van der Waals surface area contributed by atoms with Crippen LogP contribution < -0.4 is 11.2 Å². The lowest BCUT2D eigenvalue weighted by Gasteiger charge is -2.06. The minimum atomic E-state index is -0.544. The summed E-state index contributed by atoms with van der Waals surface area (Å²) >= 11 is 0. The summed E-state index contributed by atoms with van der Waals surface area (Å²) in [6, 6.07) is 12.9. The summed E-state index contributed by atoms with van der Waals surface area (Å²) in [6.07, 6.45) is 0. The molecule has 0 atom stereocenters. The van der Waals surface area contributed by atoms with E-state index in [1.165, 1.54) is 12.1 Å². The van der Waals surface area contributed by atoms with E-state index in [0.29, 0.717) is 5.39 Å². The molecule has 20 heavy (non-hydrogen) atoms. The number of aromatic nitrogens is 2. The fourth-order valence-electron chi connectivity index (χ4n) is 2.14. The number of halogens is 1. The highest BCUT2D eigenvalue weighted by Gasteiger charge is 2.08. The van der Waals surface area contributed by atoms with Crippen LogP contribution in [0.25, 0.3) is 10.9 Å². The molecule has 4 nitrogen and oxygen atoms in total. The molecule has 0 saturated carbocycles. The third-order valence-electron chi connectivity index (χ3n) is 3.13. The van der Waals surface area contributed by atoms with E-state index in [9.17, 15) is 14.0 Å². The normalized spacial score (nSPS) is 10.8. The minimum absolute atomic E-state index is 0.183. The quantitative estimate of drug-likeness (QED) is 0.773. The lowest BCUT2D eigenvalue weighted by molar-refractivity contribution is 0.628. The Morgan fingerprint density at radius 1 is 1.05 bits per heavy atom. The molecule has 0 unspecified atom stereocenters. The predicted octanol–water partition coefficient (Wildman–Crippen LogP) is 1.88. The van der Waals surface area contributed by atoms with Crippen LogP contribution in [0.15, 0.2) is 58.1 Å². The fourth-order valence-corrected chi connectivity index (χ4v) is 2.14. The van der Waals surface area contributed by atoms with Crippen molar-refractivity contribution in [1.82, 2.24) is 9.55 Å². The Bertz CT molecular complexity index is 882. The molecule has 5 heteroatoms. The van der Waals surface area contributed by atoms with Gasteiger partial charge in [0.05, 0.1) is 17.4 Å². The zero-order chi connectivity index (χ0) is 14.1. The van der Waals surface area contributed by atoms with Crippen LogP contribution in [0.5, 0.6) is 0 Å². The summed E-state index contributed by atoms with van der Waals surface area (Å²) in [7, 11) is 0. The van der Waals surface area contributed by atoms with Gasteiger partial charge in [-0.2, -0.15) is 0 Å². The summed E-state index contributed by atoms with van der Waals surface area (Å²) in [5, 5.41) is 0.293. The number of hydrogen-bond donors (Lipinski definition) is 1. The molecule has 0 aliphatic rings. The van der Waals surface area contributed by atoms with Crippen LogP contribution in [-0.2, 0) is 6.54 Å². The number of aromatic amines is 1. The van der Waals surface area contributed by atoms with E-state index in [-0.39, 0.29) is 12.1 Å². The Morgan fingerprint density at radius 3 is 2.55 bits per heavy atom. The van der Waals surface area contributed by atoms with Crippen molar-refractivity contribution in [2.24, 2.45) is 0 Å². The van der Waals surface area contributed by atoms with Crippen molar-refractivity contribution < 1.29 is 4.39 Å². The largest absolute Gasteiger partial charge is 0.329 e. The van der Waals surface area contributed by atoms with Gasteiger partial charge in [-0.15, -0.1) is 0 Å². The molecule has 1 N–H and O–H groups in total. The minimum Gasteiger partial charge on any atom is -0.307 e. The first kappa shape index (κ1) is 12.3. The third kappa shape index (κ3) is 2.14. The summed E-state index contributed by atoms with van der Waals surface area (Å²) in [5.74, 6) is -0.492. The predicted molar refractivity (Wildman–Crippen MR) is 74.3 cm³/mol. The first-order chi connectivity index (χ1) is 9.65. The first-order valence-corrected chi connectivity index (χ1v) is 6.11. The average molecular weight is 270 g/mol. The Balaban J connectivity index is 2.19. The number of nitrogens with zero attached hydrogens (tertiary/aromatic N) is 1. The molecule has 0 aliphatic carbocycles. The molecule has 100 valence electrons. The molecule has 1 aromatic heterocycles. The van der Waals surface area contributed by atoms with Crippen LogP contribution in [0.3, 0.4) is 0 Å². The zero-order valence-corrected chi connectivity index (χ0v) is 10.5. The van der Waals surface area contributed by atoms with Gasteiger partial charge in [-0.1, -0.05) is 30.3 Å². The number of benzene rings is 2. The van der Waals surface area contributed by atoms with E-state index in [4.69, 9.17) is 0 Å². The zero-order valence-electron chi connectivity index (χ0n) is 10.5. The van der Waals surface area contributed by atoms with Crippen molar-refractivity contribution >= 4 is 10.9 Å². The van der Waals surface area contributed by atoms with Crippen LogP contribution in [0, 0.1) is 5.82 Å². The van der Waals surface area contributed by atoms with Crippen LogP contribution in [-0.4, -0.2) is 9.55 Å². The molecule has 0 bridgehead atoms. The monoisotopic (exact) mass is 270 g/mol. The Morgan fingerprint density at radius 2 is 1.80 bits per heavy atom. The fraction of sp³-hybridized carbons (Fsp3) is 0.0667. The van der Waals surface area contributed by atoms with Crippen LogP contribution in [0.2, 0.25) is 0 Å². The molecule has 0 spiro atoms. The van der Waals surface area contributed by atoms with E-state index in [2.05, 4.69) is 4.98 Å². The van der Waals surface area contributed by atoms with Crippen LogP contribution in [0.1, 0.15) is 5.56 Å². The molecule has 0 saturated heterocycles. The Hall–Kier alpha value is -2.69. The van der Waals surface area contributed by atoms with Crippen molar-refractivity contribution in [3.63, 3.8) is 0 Å². The van der Waals surface area contributed by atoms with Gasteiger partial charge >= 0.3 is 5.69 Å². The topological polar surface area (TPSA) is 54.9 Å². The van der Waals surface area contributed by atoms with Crippen molar-refractivity contribution in [2.45, 2.75) is 6.54 Å². The van der Waals surface area contributed by atoms with E-state index in [1.807, 2.05) is 30.3 Å². The standard InChI is InChI=1S/C15H11FN2O2/c16-11-6-7-12-13(8-11)17-15(20)18(14(12)19)9-10-4-2-1-3-5-10/h1-8H,9H2,(H,17,20). The van der Waals surface area contributed by atoms with Crippen molar-refractivity contribution in [1.29, 1.82) is 0 Å². The molecule has 1 heterocycles. The highest BCUT2D eigenvalue weighted by atomic mass is 19.1. The van der Waals surface area contributed by atoms with E-state index in [0.717, 1.165) is 16.2 Å². The van der Waals surface area contributed by atoms with Gasteiger partial charge in [0.25, 0.3) is 5.56 Å². The van der Waals surface area contributed by atoms with E-state index >= 15 is 0 Å². The molecule has 0 fully saturated rings. The second kappa shape index (κ2) is 4.77. The smallest absolute Gasteiger partial charge is 0.307 e. The lowest BCUT2D eigenvalue weighted by Crippen LogP contribution is -2.35. The summed E-state index contributed by atoms with van der Waals surface area (Å²) < 4.78 is 14.2. The van der Waals surface area contributed by atoms with Crippen molar-refractivity contribution in [3.05, 3.63) is 80.7 Å². The highest BCUT2D eigenvalue weighted by Crippen LogP contribution is 2.08. The van der Waals surface area contributed by atoms with E-state index < -0.39 is 17.1 Å². The van der Waals surface area contributed by atoms with Gasteiger partial charge in [0, 0.05) is 0 Å². The van der Waals surface area contributed by atoms with Gasteiger partial charge in [0.15, 0.2) is 0 Å². The van der Waals surface area contributed by atoms with Crippen LogP contribution >= 0.6 is 0 Å². The second-order valence-electron chi connectivity index (χ2n) is 4.50.